The lowest BCUT2D eigenvalue weighted by Gasteiger charge is -2.29. The summed E-state index contributed by atoms with van der Waals surface area (Å²) in [5, 5.41) is 9.77. The van der Waals surface area contributed by atoms with Gasteiger partial charge < -0.3 is 10.0 Å². The molecule has 0 saturated carbocycles. The van der Waals surface area contributed by atoms with Crippen molar-refractivity contribution in [2.75, 3.05) is 18.0 Å². The summed E-state index contributed by atoms with van der Waals surface area (Å²) in [6.45, 7) is 9.91. The van der Waals surface area contributed by atoms with Crippen LogP contribution in [0.1, 0.15) is 45.8 Å². The third-order valence-electron chi connectivity index (χ3n) is 3.39. The van der Waals surface area contributed by atoms with E-state index < -0.39 is 6.10 Å². The number of benzene rings is 1. The molecule has 18 heavy (non-hydrogen) atoms. The first-order valence-electron chi connectivity index (χ1n) is 6.72. The second-order valence-corrected chi connectivity index (χ2v) is 4.93. The van der Waals surface area contributed by atoms with Crippen LogP contribution in [0.5, 0.6) is 0 Å². The molecule has 0 bridgehead atoms. The molecule has 0 aliphatic rings. The lowest BCUT2D eigenvalue weighted by Crippen LogP contribution is -2.29. The summed E-state index contributed by atoms with van der Waals surface area (Å²) in [7, 11) is 0. The van der Waals surface area contributed by atoms with Crippen LogP contribution in [0, 0.1) is 11.7 Å². The molecule has 0 aromatic heterocycles. The third-order valence-corrected chi connectivity index (χ3v) is 3.39. The minimum atomic E-state index is -0.651. The Balaban J connectivity index is 3.04. The van der Waals surface area contributed by atoms with Gasteiger partial charge in [0.2, 0.25) is 0 Å². The van der Waals surface area contributed by atoms with Crippen molar-refractivity contribution in [1.29, 1.82) is 0 Å². The second-order valence-electron chi connectivity index (χ2n) is 4.93. The van der Waals surface area contributed by atoms with Crippen LogP contribution in [0.4, 0.5) is 10.1 Å². The van der Waals surface area contributed by atoms with E-state index in [0.29, 0.717) is 11.5 Å². The van der Waals surface area contributed by atoms with Crippen molar-refractivity contribution in [2.45, 2.75) is 40.2 Å². The smallest absolute Gasteiger partial charge is 0.123 e. The van der Waals surface area contributed by atoms with Gasteiger partial charge in [-0.25, -0.2) is 4.39 Å². The molecular formula is C15H24FNO. The Morgan fingerprint density at radius 2 is 1.94 bits per heavy atom. The minimum Gasteiger partial charge on any atom is -0.389 e. The number of hydrogen-bond donors (Lipinski definition) is 1. The fourth-order valence-corrected chi connectivity index (χ4v) is 2.05. The van der Waals surface area contributed by atoms with Crippen molar-refractivity contribution < 1.29 is 9.50 Å². The van der Waals surface area contributed by atoms with E-state index in [-0.39, 0.29) is 5.82 Å². The van der Waals surface area contributed by atoms with Crippen molar-refractivity contribution >= 4 is 5.69 Å². The highest BCUT2D eigenvalue weighted by molar-refractivity contribution is 5.54. The van der Waals surface area contributed by atoms with E-state index in [2.05, 4.69) is 25.7 Å². The van der Waals surface area contributed by atoms with Crippen molar-refractivity contribution in [3.63, 3.8) is 0 Å². The highest BCUT2D eigenvalue weighted by Gasteiger charge is 2.15. The number of aliphatic hydroxyl groups excluding tert-OH is 1. The van der Waals surface area contributed by atoms with Gasteiger partial charge in [0.15, 0.2) is 0 Å². The van der Waals surface area contributed by atoms with E-state index in [1.807, 2.05) is 0 Å². The highest BCUT2D eigenvalue weighted by Crippen LogP contribution is 2.28. The van der Waals surface area contributed by atoms with Gasteiger partial charge >= 0.3 is 0 Å². The predicted molar refractivity (Wildman–Crippen MR) is 74.4 cm³/mol. The number of rotatable bonds is 6. The van der Waals surface area contributed by atoms with Crippen LogP contribution in [0.25, 0.3) is 0 Å². The van der Waals surface area contributed by atoms with Gasteiger partial charge in [0.05, 0.1) is 6.10 Å². The zero-order valence-electron chi connectivity index (χ0n) is 11.8. The van der Waals surface area contributed by atoms with Crippen LogP contribution in [0.3, 0.4) is 0 Å². The SMILES string of the molecule is CCC(C)CN(CC)c1ccc(F)cc1[C@H](C)O. The van der Waals surface area contributed by atoms with Crippen LogP contribution >= 0.6 is 0 Å². The maximum atomic E-state index is 13.3. The van der Waals surface area contributed by atoms with E-state index in [1.54, 1.807) is 13.0 Å². The van der Waals surface area contributed by atoms with E-state index >= 15 is 0 Å². The van der Waals surface area contributed by atoms with Crippen molar-refractivity contribution in [3.05, 3.63) is 29.6 Å². The van der Waals surface area contributed by atoms with Gasteiger partial charge in [0.1, 0.15) is 5.82 Å². The normalized spacial score (nSPS) is 14.3. The Kier molecular flexibility index (Phi) is 5.60. The van der Waals surface area contributed by atoms with Gasteiger partial charge in [-0.1, -0.05) is 20.3 Å². The zero-order chi connectivity index (χ0) is 13.7. The van der Waals surface area contributed by atoms with E-state index in [1.165, 1.54) is 12.1 Å². The molecule has 0 radical (unpaired) electrons. The van der Waals surface area contributed by atoms with Crippen LogP contribution in [0.2, 0.25) is 0 Å². The lowest BCUT2D eigenvalue weighted by atomic mass is 10.0. The van der Waals surface area contributed by atoms with E-state index in [9.17, 15) is 9.50 Å². The minimum absolute atomic E-state index is 0.297. The lowest BCUT2D eigenvalue weighted by molar-refractivity contribution is 0.199. The number of anilines is 1. The second kappa shape index (κ2) is 6.74. The van der Waals surface area contributed by atoms with Gasteiger partial charge in [0.25, 0.3) is 0 Å². The van der Waals surface area contributed by atoms with Crippen LogP contribution in [-0.2, 0) is 0 Å². The zero-order valence-corrected chi connectivity index (χ0v) is 11.8. The van der Waals surface area contributed by atoms with Gasteiger partial charge in [-0.05, 0) is 38.0 Å². The molecule has 0 saturated heterocycles. The summed E-state index contributed by atoms with van der Waals surface area (Å²) < 4.78 is 13.3. The number of halogens is 1. The standard InChI is InChI=1S/C15H24FNO/c1-5-11(3)10-17(6-2)15-8-7-13(16)9-14(15)12(4)18/h7-9,11-12,18H,5-6,10H2,1-4H3/t11?,12-/m0/s1. The van der Waals surface area contributed by atoms with Crippen molar-refractivity contribution in [1.82, 2.24) is 0 Å². The molecule has 3 heteroatoms. The Morgan fingerprint density at radius 1 is 1.28 bits per heavy atom. The van der Waals surface area contributed by atoms with Crippen LogP contribution in [-0.4, -0.2) is 18.2 Å². The molecule has 0 aliphatic carbocycles. The van der Waals surface area contributed by atoms with Gasteiger partial charge in [-0.2, -0.15) is 0 Å². The van der Waals surface area contributed by atoms with Crippen molar-refractivity contribution in [2.24, 2.45) is 5.92 Å². The quantitative estimate of drug-likeness (QED) is 0.834. The van der Waals surface area contributed by atoms with E-state index in [4.69, 9.17) is 0 Å². The first-order chi connectivity index (χ1) is 8.49. The molecule has 1 unspecified atom stereocenters. The summed E-state index contributed by atoms with van der Waals surface area (Å²) in [6, 6.07) is 4.66. The molecule has 0 aliphatic heterocycles. The van der Waals surface area contributed by atoms with Gasteiger partial charge in [-0.3, -0.25) is 0 Å². The molecule has 2 atom stereocenters. The van der Waals surface area contributed by atoms with Gasteiger partial charge in [0, 0.05) is 24.3 Å². The fraction of sp³-hybridized carbons (Fsp3) is 0.600. The molecule has 1 rings (SSSR count). The number of aliphatic hydroxyl groups is 1. The molecule has 2 nitrogen and oxygen atoms in total. The molecule has 102 valence electrons. The van der Waals surface area contributed by atoms with Gasteiger partial charge in [-0.15, -0.1) is 0 Å². The molecular weight excluding hydrogens is 229 g/mol. The summed E-state index contributed by atoms with van der Waals surface area (Å²) in [4.78, 5) is 2.20. The Hall–Kier alpha value is -1.09. The largest absolute Gasteiger partial charge is 0.389 e. The number of nitrogens with zero attached hydrogens (tertiary/aromatic N) is 1. The first kappa shape index (κ1) is 15.0. The third kappa shape index (κ3) is 3.70. The predicted octanol–water partition coefficient (Wildman–Crippen LogP) is 3.75. The molecule has 1 aromatic carbocycles. The Labute approximate surface area is 109 Å². The molecule has 0 fully saturated rings. The summed E-state index contributed by atoms with van der Waals surface area (Å²) in [6.07, 6.45) is 0.462. The maximum Gasteiger partial charge on any atom is 0.123 e. The number of hydrogen-bond acceptors (Lipinski definition) is 2. The molecule has 0 heterocycles. The molecule has 1 aromatic rings. The summed E-state index contributed by atoms with van der Waals surface area (Å²) in [5.74, 6) is 0.283. The molecule has 0 amide bonds. The average Bonchev–Trinajstić information content (AvgIpc) is 2.35. The molecule has 1 N–H and O–H groups in total. The van der Waals surface area contributed by atoms with Crippen LogP contribution < -0.4 is 4.90 Å². The maximum absolute atomic E-state index is 13.3. The summed E-state index contributed by atoms with van der Waals surface area (Å²) in [5.41, 5.74) is 1.61. The topological polar surface area (TPSA) is 23.5 Å². The Bertz CT molecular complexity index is 379. The fourth-order valence-electron chi connectivity index (χ4n) is 2.05. The van der Waals surface area contributed by atoms with Crippen molar-refractivity contribution in [3.8, 4) is 0 Å². The average molecular weight is 253 g/mol. The highest BCUT2D eigenvalue weighted by atomic mass is 19.1. The molecule has 0 spiro atoms. The monoisotopic (exact) mass is 253 g/mol. The first-order valence-corrected chi connectivity index (χ1v) is 6.72. The van der Waals surface area contributed by atoms with Crippen LogP contribution in [0.15, 0.2) is 18.2 Å². The summed E-state index contributed by atoms with van der Waals surface area (Å²) >= 11 is 0. The Morgan fingerprint density at radius 3 is 2.44 bits per heavy atom. The van der Waals surface area contributed by atoms with E-state index in [0.717, 1.165) is 25.2 Å².